The van der Waals surface area contributed by atoms with Gasteiger partial charge in [-0.3, -0.25) is 9.69 Å². The van der Waals surface area contributed by atoms with Crippen LogP contribution in [-0.2, 0) is 27.4 Å². The third-order valence-corrected chi connectivity index (χ3v) is 7.21. The van der Waals surface area contributed by atoms with E-state index in [4.69, 9.17) is 14.2 Å². The van der Waals surface area contributed by atoms with Gasteiger partial charge in [0.1, 0.15) is 5.75 Å². The number of carbonyl (C=O) groups is 2. The van der Waals surface area contributed by atoms with Gasteiger partial charge in [0.15, 0.2) is 0 Å². The summed E-state index contributed by atoms with van der Waals surface area (Å²) in [5.41, 5.74) is 3.47. The second kappa shape index (κ2) is 14.7. The van der Waals surface area contributed by atoms with Gasteiger partial charge < -0.3 is 30.0 Å². The molecular weight excluding hydrogens is 524 g/mol. The molecule has 0 aromatic heterocycles. The van der Waals surface area contributed by atoms with Crippen molar-refractivity contribution in [2.45, 2.75) is 64.6 Å². The Kier molecular flexibility index (Phi) is 11.1. The molecule has 10 heteroatoms. The number of ether oxygens (including phenoxy) is 3. The van der Waals surface area contributed by atoms with E-state index >= 15 is 0 Å². The minimum Gasteiger partial charge on any atom is -0.463 e. The normalized spacial score (nSPS) is 17.0. The number of likely N-dealkylation sites (N-methyl/N-ethyl adjacent to an activating group) is 1. The highest BCUT2D eigenvalue weighted by atomic mass is 16.7. The van der Waals surface area contributed by atoms with E-state index in [1.807, 2.05) is 57.3 Å². The van der Waals surface area contributed by atoms with Crippen LogP contribution >= 0.6 is 0 Å². The zero-order chi connectivity index (χ0) is 29.2. The molecule has 2 heterocycles. The summed E-state index contributed by atoms with van der Waals surface area (Å²) in [4.78, 5) is 27.2. The SMILES string of the molecule is CN(CCOCCCCCCNC[C@@H](O)c1ccc2c(c1)COC(C)(C)O2)Cc1cccc(N2C(=O)CNC2=O)c1. The van der Waals surface area contributed by atoms with Crippen molar-refractivity contribution in [1.82, 2.24) is 15.5 Å². The van der Waals surface area contributed by atoms with Crippen molar-refractivity contribution in [2.24, 2.45) is 0 Å². The van der Waals surface area contributed by atoms with Crippen molar-refractivity contribution in [2.75, 3.05) is 51.3 Å². The number of fused-ring (bicyclic) bond motifs is 1. The van der Waals surface area contributed by atoms with Crippen LogP contribution in [0.25, 0.3) is 0 Å². The van der Waals surface area contributed by atoms with Crippen molar-refractivity contribution in [3.63, 3.8) is 0 Å². The lowest BCUT2D eigenvalue weighted by molar-refractivity contribution is -0.180. The molecule has 3 N–H and O–H groups in total. The van der Waals surface area contributed by atoms with E-state index in [1.165, 1.54) is 4.90 Å². The first-order valence-electron chi connectivity index (χ1n) is 14.5. The molecule has 0 aliphatic carbocycles. The molecule has 2 aromatic rings. The van der Waals surface area contributed by atoms with Crippen LogP contribution in [-0.4, -0.2) is 74.2 Å². The molecule has 3 amide bonds. The van der Waals surface area contributed by atoms with Crippen molar-refractivity contribution >= 4 is 17.6 Å². The summed E-state index contributed by atoms with van der Waals surface area (Å²) in [5, 5.41) is 16.5. The van der Waals surface area contributed by atoms with E-state index in [-0.39, 0.29) is 18.5 Å². The fourth-order valence-corrected chi connectivity index (χ4v) is 4.92. The fourth-order valence-electron chi connectivity index (χ4n) is 4.92. The summed E-state index contributed by atoms with van der Waals surface area (Å²) in [6.07, 6.45) is 3.73. The zero-order valence-electron chi connectivity index (χ0n) is 24.5. The van der Waals surface area contributed by atoms with Gasteiger partial charge in [-0.25, -0.2) is 9.69 Å². The fraction of sp³-hybridized carbons (Fsp3) is 0.548. The smallest absolute Gasteiger partial charge is 0.329 e. The van der Waals surface area contributed by atoms with E-state index in [0.29, 0.717) is 32.0 Å². The van der Waals surface area contributed by atoms with Gasteiger partial charge in [-0.2, -0.15) is 0 Å². The van der Waals surface area contributed by atoms with Gasteiger partial charge in [0, 0.05) is 45.7 Å². The van der Waals surface area contributed by atoms with Gasteiger partial charge >= 0.3 is 6.03 Å². The van der Waals surface area contributed by atoms with Gasteiger partial charge in [0.2, 0.25) is 5.79 Å². The van der Waals surface area contributed by atoms with Crippen LogP contribution in [0.3, 0.4) is 0 Å². The second-order valence-electron chi connectivity index (χ2n) is 11.2. The number of urea groups is 1. The molecule has 0 spiro atoms. The van der Waals surface area contributed by atoms with Gasteiger partial charge in [-0.05, 0) is 61.8 Å². The van der Waals surface area contributed by atoms with Crippen molar-refractivity contribution in [3.05, 3.63) is 59.2 Å². The molecular formula is C31H44N4O6. The molecule has 41 heavy (non-hydrogen) atoms. The lowest BCUT2D eigenvalue weighted by Crippen LogP contribution is -2.35. The Morgan fingerprint density at radius 1 is 1.12 bits per heavy atom. The van der Waals surface area contributed by atoms with Gasteiger partial charge in [-0.15, -0.1) is 0 Å². The molecule has 2 aliphatic heterocycles. The Hall–Kier alpha value is -3.02. The van der Waals surface area contributed by atoms with E-state index < -0.39 is 11.9 Å². The highest BCUT2D eigenvalue weighted by Gasteiger charge is 2.30. The highest BCUT2D eigenvalue weighted by Crippen LogP contribution is 2.32. The Morgan fingerprint density at radius 3 is 2.76 bits per heavy atom. The summed E-state index contributed by atoms with van der Waals surface area (Å²) < 4.78 is 17.3. The van der Waals surface area contributed by atoms with Gasteiger partial charge in [-0.1, -0.05) is 31.0 Å². The van der Waals surface area contributed by atoms with E-state index in [1.54, 1.807) is 6.07 Å². The third-order valence-electron chi connectivity index (χ3n) is 7.21. The zero-order valence-corrected chi connectivity index (χ0v) is 24.5. The molecule has 0 saturated carbocycles. The van der Waals surface area contributed by atoms with Crippen molar-refractivity contribution in [1.29, 1.82) is 0 Å². The highest BCUT2D eigenvalue weighted by molar-refractivity contribution is 6.19. The molecule has 224 valence electrons. The van der Waals surface area contributed by atoms with Gasteiger partial charge in [0.25, 0.3) is 5.91 Å². The van der Waals surface area contributed by atoms with Crippen molar-refractivity contribution in [3.8, 4) is 5.75 Å². The number of hydrogen-bond donors (Lipinski definition) is 3. The molecule has 2 aliphatic rings. The topological polar surface area (TPSA) is 113 Å². The van der Waals surface area contributed by atoms with Crippen LogP contribution < -0.4 is 20.3 Å². The second-order valence-corrected chi connectivity index (χ2v) is 11.2. The Morgan fingerprint density at radius 2 is 1.95 bits per heavy atom. The number of nitrogens with zero attached hydrogens (tertiary/aromatic N) is 2. The number of nitrogens with one attached hydrogen (secondary N) is 2. The quantitative estimate of drug-likeness (QED) is 0.208. The molecule has 0 bridgehead atoms. The van der Waals surface area contributed by atoms with Crippen LogP contribution in [0.4, 0.5) is 10.5 Å². The predicted molar refractivity (Wildman–Crippen MR) is 157 cm³/mol. The number of benzene rings is 2. The number of anilines is 1. The van der Waals surface area contributed by atoms with E-state index in [0.717, 1.165) is 67.8 Å². The van der Waals surface area contributed by atoms with Crippen LogP contribution in [0.2, 0.25) is 0 Å². The maximum Gasteiger partial charge on any atom is 0.329 e. The predicted octanol–water partition coefficient (Wildman–Crippen LogP) is 3.72. The number of hydrogen-bond acceptors (Lipinski definition) is 8. The molecule has 1 fully saturated rings. The maximum atomic E-state index is 12.0. The minimum atomic E-state index is -0.618. The summed E-state index contributed by atoms with van der Waals surface area (Å²) in [7, 11) is 2.03. The lowest BCUT2D eigenvalue weighted by Gasteiger charge is -2.33. The molecule has 0 unspecified atom stereocenters. The molecule has 10 nitrogen and oxygen atoms in total. The van der Waals surface area contributed by atoms with Crippen LogP contribution in [0, 0.1) is 0 Å². The Bertz CT molecular complexity index is 1160. The summed E-state index contributed by atoms with van der Waals surface area (Å²) in [6, 6.07) is 12.9. The van der Waals surface area contributed by atoms with Crippen LogP contribution in [0.15, 0.2) is 42.5 Å². The van der Waals surface area contributed by atoms with Gasteiger partial charge in [0.05, 0.1) is 31.5 Å². The number of aliphatic hydroxyl groups excluding tert-OH is 1. The lowest BCUT2D eigenvalue weighted by atomic mass is 10.0. The number of rotatable bonds is 16. The molecule has 0 radical (unpaired) electrons. The first-order valence-corrected chi connectivity index (χ1v) is 14.5. The number of imide groups is 1. The maximum absolute atomic E-state index is 12.0. The molecule has 1 atom stereocenters. The average Bonchev–Trinajstić information content (AvgIpc) is 3.28. The number of amides is 3. The standard InChI is InChI=1S/C31H44N4O6/c1-31(2)40-22-25-18-24(11-12-28(25)41-31)27(36)19-32-13-6-4-5-7-15-39-16-14-34(3)21-23-9-8-10-26(17-23)35-29(37)20-33-30(35)38/h8-12,17-18,27,32,36H,4-7,13-16,19-22H2,1-3H3,(H,33,38)/t27-/m1/s1. The monoisotopic (exact) mass is 568 g/mol. The van der Waals surface area contributed by atoms with E-state index in [9.17, 15) is 14.7 Å². The largest absolute Gasteiger partial charge is 0.463 e. The third kappa shape index (κ3) is 9.24. The minimum absolute atomic E-state index is 0.0455. The first kappa shape index (κ1) is 30.9. The summed E-state index contributed by atoms with van der Waals surface area (Å²) in [5.74, 6) is -0.0362. The Labute approximate surface area is 242 Å². The van der Waals surface area contributed by atoms with Crippen molar-refractivity contribution < 1.29 is 28.9 Å². The first-order chi connectivity index (χ1) is 19.7. The number of aliphatic hydroxyl groups is 1. The number of unbranched alkanes of at least 4 members (excludes halogenated alkanes) is 3. The molecule has 4 rings (SSSR count). The van der Waals surface area contributed by atoms with Crippen LogP contribution in [0.5, 0.6) is 5.75 Å². The number of carbonyl (C=O) groups excluding carboxylic acids is 2. The van der Waals surface area contributed by atoms with E-state index in [2.05, 4.69) is 15.5 Å². The average molecular weight is 569 g/mol. The molecule has 2 aromatic carbocycles. The summed E-state index contributed by atoms with van der Waals surface area (Å²) >= 11 is 0. The Balaban J connectivity index is 1.01. The van der Waals surface area contributed by atoms with Crippen LogP contribution in [0.1, 0.15) is 62.3 Å². The molecule has 1 saturated heterocycles. The summed E-state index contributed by atoms with van der Waals surface area (Å²) in [6.45, 7) is 8.59.